The van der Waals surface area contributed by atoms with Crippen molar-refractivity contribution in [1.29, 1.82) is 0 Å². The van der Waals surface area contributed by atoms with Gasteiger partial charge >= 0.3 is 5.97 Å². The Morgan fingerprint density at radius 1 is 1.47 bits per heavy atom. The number of aromatic nitrogens is 1. The van der Waals surface area contributed by atoms with E-state index in [2.05, 4.69) is 10.3 Å². The smallest absolute Gasteiger partial charge is 0.307 e. The quantitative estimate of drug-likeness (QED) is 0.885. The van der Waals surface area contributed by atoms with Crippen LogP contribution in [0.5, 0.6) is 0 Å². The molecule has 1 saturated carbocycles. The van der Waals surface area contributed by atoms with Crippen molar-refractivity contribution < 1.29 is 14.7 Å². The minimum atomic E-state index is -0.900. The zero-order chi connectivity index (χ0) is 14.4. The van der Waals surface area contributed by atoms with Crippen molar-refractivity contribution in [1.82, 2.24) is 10.3 Å². The molecule has 1 aliphatic carbocycles. The number of carboxylic acids is 1. The number of hydrogen-bond donors (Lipinski definition) is 2. The van der Waals surface area contributed by atoms with E-state index in [1.165, 1.54) is 11.3 Å². The Morgan fingerprint density at radius 2 is 2.11 bits per heavy atom. The molecule has 0 saturated heterocycles. The maximum Gasteiger partial charge on any atom is 0.307 e. The van der Waals surface area contributed by atoms with Crippen LogP contribution in [0.2, 0.25) is 0 Å². The van der Waals surface area contributed by atoms with Crippen LogP contribution < -0.4 is 5.32 Å². The molecular formula is C13H18N2O3S. The third-order valence-corrected chi connectivity index (χ3v) is 4.89. The summed E-state index contributed by atoms with van der Waals surface area (Å²) in [4.78, 5) is 27.5. The number of aryl methyl sites for hydroxylation is 1. The van der Waals surface area contributed by atoms with Crippen molar-refractivity contribution in [3.8, 4) is 0 Å². The predicted octanol–water partition coefficient (Wildman–Crippen LogP) is 1.99. The number of aliphatic carboxylic acids is 1. The van der Waals surface area contributed by atoms with E-state index in [0.717, 1.165) is 10.7 Å². The molecule has 0 aliphatic heterocycles. The number of thiazole rings is 1. The van der Waals surface area contributed by atoms with E-state index < -0.39 is 23.2 Å². The average molecular weight is 282 g/mol. The molecule has 1 aromatic heterocycles. The predicted molar refractivity (Wildman–Crippen MR) is 71.8 cm³/mol. The molecule has 3 atom stereocenters. The highest BCUT2D eigenvalue weighted by atomic mass is 32.1. The van der Waals surface area contributed by atoms with Gasteiger partial charge in [0.25, 0.3) is 0 Å². The number of carboxylic acid groups (broad SMARTS) is 1. The highest BCUT2D eigenvalue weighted by molar-refractivity contribution is 7.09. The number of nitrogens with zero attached hydrogens (tertiary/aromatic N) is 1. The minimum Gasteiger partial charge on any atom is -0.481 e. The lowest BCUT2D eigenvalue weighted by Crippen LogP contribution is -2.29. The number of nitrogens with one attached hydrogen (secondary N) is 1. The van der Waals surface area contributed by atoms with Gasteiger partial charge in [-0.2, -0.15) is 0 Å². The van der Waals surface area contributed by atoms with Crippen LogP contribution in [-0.2, 0) is 9.59 Å². The van der Waals surface area contributed by atoms with Gasteiger partial charge in [0.15, 0.2) is 0 Å². The van der Waals surface area contributed by atoms with Gasteiger partial charge in [-0.25, -0.2) is 4.98 Å². The third kappa shape index (κ3) is 2.49. The number of rotatable bonds is 4. The Bertz CT molecular complexity index is 524. The Morgan fingerprint density at radius 3 is 2.53 bits per heavy atom. The summed E-state index contributed by atoms with van der Waals surface area (Å²) in [5.74, 6) is -2.13. The molecule has 5 nitrogen and oxygen atoms in total. The van der Waals surface area contributed by atoms with E-state index >= 15 is 0 Å². The fraction of sp³-hybridized carbons (Fsp3) is 0.615. The van der Waals surface area contributed by atoms with E-state index in [0.29, 0.717) is 0 Å². The lowest BCUT2D eigenvalue weighted by Gasteiger charge is -2.11. The second-order valence-electron chi connectivity index (χ2n) is 5.67. The van der Waals surface area contributed by atoms with Gasteiger partial charge in [-0.3, -0.25) is 9.59 Å². The molecule has 1 aliphatic rings. The van der Waals surface area contributed by atoms with Crippen molar-refractivity contribution in [2.45, 2.75) is 33.7 Å². The first-order valence-electron chi connectivity index (χ1n) is 6.20. The Kier molecular flexibility index (Phi) is 3.38. The molecule has 1 fully saturated rings. The zero-order valence-corrected chi connectivity index (χ0v) is 12.2. The van der Waals surface area contributed by atoms with Crippen LogP contribution in [0.25, 0.3) is 0 Å². The van der Waals surface area contributed by atoms with E-state index in [1.54, 1.807) is 0 Å². The van der Waals surface area contributed by atoms with E-state index in [-0.39, 0.29) is 11.9 Å². The fourth-order valence-corrected chi connectivity index (χ4v) is 3.33. The minimum absolute atomic E-state index is 0.183. The Hall–Kier alpha value is -1.43. The largest absolute Gasteiger partial charge is 0.481 e. The molecule has 3 unspecified atom stereocenters. The normalized spacial score (nSPS) is 25.7. The molecule has 104 valence electrons. The molecule has 1 aromatic rings. The van der Waals surface area contributed by atoms with Crippen LogP contribution in [0, 0.1) is 24.2 Å². The third-order valence-electron chi connectivity index (χ3n) is 3.74. The van der Waals surface area contributed by atoms with Crippen molar-refractivity contribution in [3.63, 3.8) is 0 Å². The number of hydrogen-bond acceptors (Lipinski definition) is 4. The molecule has 0 aromatic carbocycles. The first kappa shape index (κ1) is 14.0. The van der Waals surface area contributed by atoms with Gasteiger partial charge in [-0.1, -0.05) is 13.8 Å². The van der Waals surface area contributed by atoms with Crippen LogP contribution in [-0.4, -0.2) is 22.0 Å². The lowest BCUT2D eigenvalue weighted by atomic mass is 10.1. The first-order valence-corrected chi connectivity index (χ1v) is 7.08. The number of carbonyl (C=O) groups is 2. The molecule has 6 heteroatoms. The van der Waals surface area contributed by atoms with Gasteiger partial charge in [-0.15, -0.1) is 11.3 Å². The molecule has 19 heavy (non-hydrogen) atoms. The first-order chi connectivity index (χ1) is 8.75. The molecule has 1 amide bonds. The topological polar surface area (TPSA) is 79.3 Å². The molecule has 1 heterocycles. The molecular weight excluding hydrogens is 264 g/mol. The molecule has 0 bridgehead atoms. The summed E-state index contributed by atoms with van der Waals surface area (Å²) in [5.41, 5.74) is 0.463. The maximum atomic E-state index is 12.1. The lowest BCUT2D eigenvalue weighted by molar-refractivity contribution is -0.140. The van der Waals surface area contributed by atoms with E-state index in [4.69, 9.17) is 5.11 Å². The summed E-state index contributed by atoms with van der Waals surface area (Å²) in [6, 6.07) is -0.183. The van der Waals surface area contributed by atoms with Gasteiger partial charge < -0.3 is 10.4 Å². The molecule has 0 spiro atoms. The van der Waals surface area contributed by atoms with E-state index in [1.807, 2.05) is 33.1 Å². The van der Waals surface area contributed by atoms with Crippen molar-refractivity contribution >= 4 is 23.2 Å². The number of carbonyl (C=O) groups excluding carboxylic acids is 1. The van der Waals surface area contributed by atoms with Crippen LogP contribution >= 0.6 is 11.3 Å². The zero-order valence-electron chi connectivity index (χ0n) is 11.4. The van der Waals surface area contributed by atoms with Crippen LogP contribution in [0.4, 0.5) is 0 Å². The summed E-state index contributed by atoms with van der Waals surface area (Å²) in [7, 11) is 0. The van der Waals surface area contributed by atoms with Gasteiger partial charge in [0.2, 0.25) is 5.91 Å². The number of amides is 1. The average Bonchev–Trinajstić information content (AvgIpc) is 2.65. The summed E-state index contributed by atoms with van der Waals surface area (Å²) < 4.78 is 0. The summed E-state index contributed by atoms with van der Waals surface area (Å²) in [5, 5.41) is 14.7. The molecule has 2 N–H and O–H groups in total. The van der Waals surface area contributed by atoms with Crippen molar-refractivity contribution in [2.24, 2.45) is 17.3 Å². The van der Waals surface area contributed by atoms with Crippen molar-refractivity contribution in [2.75, 3.05) is 0 Å². The van der Waals surface area contributed by atoms with Gasteiger partial charge in [0.05, 0.1) is 17.9 Å². The van der Waals surface area contributed by atoms with Gasteiger partial charge in [0.1, 0.15) is 5.01 Å². The van der Waals surface area contributed by atoms with Gasteiger partial charge in [-0.05, 0) is 19.3 Å². The summed E-state index contributed by atoms with van der Waals surface area (Å²) in [6.07, 6.45) is 0. The second-order valence-corrected chi connectivity index (χ2v) is 6.56. The van der Waals surface area contributed by atoms with Crippen LogP contribution in [0.1, 0.15) is 37.5 Å². The fourth-order valence-electron chi connectivity index (χ4n) is 2.52. The summed E-state index contributed by atoms with van der Waals surface area (Å²) >= 11 is 1.50. The highest BCUT2D eigenvalue weighted by Gasteiger charge is 2.65. The maximum absolute atomic E-state index is 12.1. The Labute approximate surface area is 116 Å². The SMILES string of the molecule is Cc1csc(C(C)NC(=O)C2C(C(=O)O)C2(C)C)n1. The van der Waals surface area contributed by atoms with Gasteiger partial charge in [0, 0.05) is 11.1 Å². The Balaban J connectivity index is 2.01. The molecule has 2 rings (SSSR count). The standard InChI is InChI=1S/C13H18N2O3S/c1-6-5-19-11(14-6)7(2)15-10(16)8-9(12(17)18)13(8,3)4/h5,7-9H,1-4H3,(H,15,16)(H,17,18). The van der Waals surface area contributed by atoms with E-state index in [9.17, 15) is 9.59 Å². The molecule has 0 radical (unpaired) electrons. The van der Waals surface area contributed by atoms with Crippen molar-refractivity contribution in [3.05, 3.63) is 16.1 Å². The second kappa shape index (κ2) is 4.59. The highest BCUT2D eigenvalue weighted by Crippen LogP contribution is 2.58. The monoisotopic (exact) mass is 282 g/mol. The van der Waals surface area contributed by atoms with Crippen LogP contribution in [0.15, 0.2) is 5.38 Å². The summed E-state index contributed by atoms with van der Waals surface area (Å²) in [6.45, 7) is 7.39. The van der Waals surface area contributed by atoms with Crippen LogP contribution in [0.3, 0.4) is 0 Å².